The summed E-state index contributed by atoms with van der Waals surface area (Å²) in [6, 6.07) is 0. The first-order valence-corrected chi connectivity index (χ1v) is 29.1. The highest BCUT2D eigenvalue weighted by Gasteiger charge is 2.25. The monoisotopic (exact) mass is 903 g/mol. The van der Waals surface area contributed by atoms with E-state index < -0.39 is 0 Å². The summed E-state index contributed by atoms with van der Waals surface area (Å²) in [5, 5.41) is 0. The largest absolute Gasteiger partial charge is 0.466 e. The van der Waals surface area contributed by atoms with Gasteiger partial charge in [0, 0.05) is 32.6 Å². The number of ether oxygens (including phenoxy) is 1. The van der Waals surface area contributed by atoms with Crippen LogP contribution in [0.25, 0.3) is 0 Å². The highest BCUT2D eigenvalue weighted by atomic mass is 16.5. The van der Waals surface area contributed by atoms with E-state index in [1.165, 1.54) is 219 Å². The van der Waals surface area contributed by atoms with E-state index in [0.717, 1.165) is 77.8 Å². The third-order valence-corrected chi connectivity index (χ3v) is 14.3. The fourth-order valence-electron chi connectivity index (χ4n) is 9.77. The normalized spacial score (nSPS) is 13.6. The predicted octanol–water partition coefficient (Wildman–Crippen LogP) is 15.4. The molecule has 7 nitrogen and oxygen atoms in total. The number of amides is 1. The Morgan fingerprint density at radius 3 is 1.16 bits per heavy atom. The molecule has 0 bridgehead atoms. The van der Waals surface area contributed by atoms with Gasteiger partial charge in [-0.25, -0.2) is 0 Å². The molecule has 0 radical (unpaired) electrons. The molecule has 1 saturated heterocycles. The second-order valence-electron chi connectivity index (χ2n) is 20.4. The summed E-state index contributed by atoms with van der Waals surface area (Å²) in [6.45, 7) is 23.5. The number of carbonyl (C=O) groups is 2. The highest BCUT2D eigenvalue weighted by molar-refractivity contribution is 5.78. The molecule has 0 unspecified atom stereocenters. The fraction of sp³-hybridized carbons (Fsp3) is 0.965. The van der Waals surface area contributed by atoms with Crippen LogP contribution in [0.15, 0.2) is 0 Å². The third kappa shape index (κ3) is 37.9. The summed E-state index contributed by atoms with van der Waals surface area (Å²) in [4.78, 5) is 36.3. The zero-order valence-electron chi connectivity index (χ0n) is 44.2. The van der Waals surface area contributed by atoms with Crippen molar-refractivity contribution in [3.63, 3.8) is 0 Å². The van der Waals surface area contributed by atoms with Crippen molar-refractivity contribution in [2.24, 2.45) is 5.92 Å². The maximum atomic E-state index is 14.0. The van der Waals surface area contributed by atoms with Gasteiger partial charge in [-0.2, -0.15) is 0 Å². The van der Waals surface area contributed by atoms with Crippen molar-refractivity contribution in [3.05, 3.63) is 0 Å². The van der Waals surface area contributed by atoms with Crippen molar-refractivity contribution < 1.29 is 14.3 Å². The molecule has 0 saturated carbocycles. The lowest BCUT2D eigenvalue weighted by molar-refractivity contribution is -0.143. The highest BCUT2D eigenvalue weighted by Crippen LogP contribution is 2.22. The predicted molar refractivity (Wildman–Crippen MR) is 280 cm³/mol. The van der Waals surface area contributed by atoms with E-state index in [1.807, 2.05) is 6.92 Å². The molecule has 0 N–H and O–H groups in total. The molecule has 1 heterocycles. The van der Waals surface area contributed by atoms with Crippen LogP contribution in [0.4, 0.5) is 0 Å². The van der Waals surface area contributed by atoms with Crippen molar-refractivity contribution in [2.75, 3.05) is 78.6 Å². The molecular weight excluding hydrogens is 789 g/mol. The lowest BCUT2D eigenvalue weighted by Crippen LogP contribution is -2.46. The Hall–Kier alpha value is -1.18. The standard InChI is InChI=1S/C57H114N4O3/c1-6-11-15-19-23-27-31-37-47-60(52-51-59(45-35-29-25-21-17-13-8-3)46-36-30-26-22-18-14-9-4)54-56(62)61-49-41-55(42-50-61)40-48-58(43-34-28-24-20-16-12-7-2)44-38-32-33-39-57(63)64-53-10-5/h55H,6-54H2,1-5H3. The van der Waals surface area contributed by atoms with Crippen LogP contribution in [0.5, 0.6) is 0 Å². The van der Waals surface area contributed by atoms with E-state index in [9.17, 15) is 9.59 Å². The number of rotatable bonds is 49. The van der Waals surface area contributed by atoms with Gasteiger partial charge in [-0.15, -0.1) is 0 Å². The van der Waals surface area contributed by atoms with Crippen LogP contribution in [0.3, 0.4) is 0 Å². The van der Waals surface area contributed by atoms with Gasteiger partial charge in [-0.05, 0) is 109 Å². The molecule has 0 aromatic carbocycles. The molecule has 1 rings (SSSR count). The molecule has 380 valence electrons. The van der Waals surface area contributed by atoms with Crippen LogP contribution in [0.2, 0.25) is 0 Å². The molecule has 1 fully saturated rings. The Kier molecular flexibility index (Phi) is 44.6. The Bertz CT molecular complexity index is 970. The third-order valence-electron chi connectivity index (χ3n) is 14.3. The van der Waals surface area contributed by atoms with Gasteiger partial charge in [0.05, 0.1) is 13.2 Å². The fourth-order valence-corrected chi connectivity index (χ4v) is 9.77. The molecule has 1 aliphatic rings. The number of carbonyl (C=O) groups excluding carboxylic acids is 2. The van der Waals surface area contributed by atoms with Crippen LogP contribution < -0.4 is 0 Å². The Balaban J connectivity index is 2.74. The van der Waals surface area contributed by atoms with E-state index in [1.54, 1.807) is 0 Å². The Morgan fingerprint density at radius 1 is 0.406 bits per heavy atom. The first-order chi connectivity index (χ1) is 31.5. The lowest BCUT2D eigenvalue weighted by Gasteiger charge is -2.35. The summed E-state index contributed by atoms with van der Waals surface area (Å²) >= 11 is 0. The molecule has 0 spiro atoms. The number of hydrogen-bond donors (Lipinski definition) is 0. The number of hydrogen-bond acceptors (Lipinski definition) is 6. The van der Waals surface area contributed by atoms with Crippen LogP contribution in [0, 0.1) is 5.92 Å². The first-order valence-electron chi connectivity index (χ1n) is 29.1. The molecule has 0 atom stereocenters. The second-order valence-corrected chi connectivity index (χ2v) is 20.4. The van der Waals surface area contributed by atoms with Gasteiger partial charge in [0.1, 0.15) is 0 Å². The van der Waals surface area contributed by atoms with Crippen molar-refractivity contribution in [3.8, 4) is 0 Å². The summed E-state index contributed by atoms with van der Waals surface area (Å²) in [5.41, 5.74) is 0. The van der Waals surface area contributed by atoms with E-state index in [4.69, 9.17) is 4.74 Å². The van der Waals surface area contributed by atoms with Crippen molar-refractivity contribution in [1.29, 1.82) is 0 Å². The van der Waals surface area contributed by atoms with Gasteiger partial charge in [-0.1, -0.05) is 202 Å². The van der Waals surface area contributed by atoms with Gasteiger partial charge in [0.15, 0.2) is 0 Å². The van der Waals surface area contributed by atoms with E-state index >= 15 is 0 Å². The number of piperidine rings is 1. The molecule has 0 aromatic rings. The Morgan fingerprint density at radius 2 is 0.750 bits per heavy atom. The van der Waals surface area contributed by atoms with Gasteiger partial charge < -0.3 is 19.4 Å². The summed E-state index contributed by atoms with van der Waals surface area (Å²) in [7, 11) is 0. The summed E-state index contributed by atoms with van der Waals surface area (Å²) in [6.07, 6.45) is 47.5. The minimum atomic E-state index is -0.0300. The van der Waals surface area contributed by atoms with Gasteiger partial charge in [0.2, 0.25) is 5.91 Å². The van der Waals surface area contributed by atoms with Crippen LogP contribution in [-0.4, -0.2) is 110 Å². The topological polar surface area (TPSA) is 56.3 Å². The van der Waals surface area contributed by atoms with Crippen LogP contribution in [-0.2, 0) is 14.3 Å². The molecule has 64 heavy (non-hydrogen) atoms. The number of unbranched alkanes of at least 4 members (excludes halogenated alkanes) is 27. The van der Waals surface area contributed by atoms with E-state index in [-0.39, 0.29) is 5.97 Å². The summed E-state index contributed by atoms with van der Waals surface area (Å²) < 4.78 is 5.30. The van der Waals surface area contributed by atoms with E-state index in [0.29, 0.717) is 31.4 Å². The smallest absolute Gasteiger partial charge is 0.305 e. The van der Waals surface area contributed by atoms with Crippen LogP contribution >= 0.6 is 0 Å². The molecule has 7 heteroatoms. The van der Waals surface area contributed by atoms with Crippen molar-refractivity contribution >= 4 is 11.9 Å². The van der Waals surface area contributed by atoms with Crippen molar-refractivity contribution in [2.45, 2.75) is 272 Å². The Labute approximate surface area is 401 Å². The molecular formula is C57H114N4O3. The van der Waals surface area contributed by atoms with Crippen molar-refractivity contribution in [1.82, 2.24) is 19.6 Å². The second kappa shape index (κ2) is 46.9. The van der Waals surface area contributed by atoms with Gasteiger partial charge in [0.25, 0.3) is 0 Å². The minimum Gasteiger partial charge on any atom is -0.466 e. The number of esters is 1. The molecule has 1 aliphatic heterocycles. The van der Waals surface area contributed by atoms with Gasteiger partial charge >= 0.3 is 5.97 Å². The lowest BCUT2D eigenvalue weighted by atomic mass is 9.93. The average molecular weight is 904 g/mol. The van der Waals surface area contributed by atoms with Crippen LogP contribution in [0.1, 0.15) is 272 Å². The average Bonchev–Trinajstić information content (AvgIpc) is 3.30. The number of nitrogens with zero attached hydrogens (tertiary/aromatic N) is 4. The number of likely N-dealkylation sites (tertiary alicyclic amines) is 1. The molecule has 0 aromatic heterocycles. The maximum absolute atomic E-state index is 14.0. The SMILES string of the molecule is CCCCCCCCCCN(CCN(CCCCCCCCC)CCCCCCCCC)CC(=O)N1CCC(CCN(CCCCCCCCC)CCCCCC(=O)OCCC)CC1. The minimum absolute atomic E-state index is 0.0300. The molecule has 0 aliphatic carbocycles. The van der Waals surface area contributed by atoms with Gasteiger partial charge in [-0.3, -0.25) is 14.5 Å². The zero-order chi connectivity index (χ0) is 46.4. The zero-order valence-corrected chi connectivity index (χ0v) is 44.2. The molecule has 1 amide bonds. The quantitative estimate of drug-likeness (QED) is 0.0448. The first kappa shape index (κ1) is 60.8. The summed E-state index contributed by atoms with van der Waals surface area (Å²) in [5.74, 6) is 1.06. The van der Waals surface area contributed by atoms with E-state index in [2.05, 4.69) is 47.3 Å². The maximum Gasteiger partial charge on any atom is 0.305 e.